The third kappa shape index (κ3) is 3.39. The van der Waals surface area contributed by atoms with Crippen LogP contribution >= 0.6 is 11.8 Å². The van der Waals surface area contributed by atoms with Crippen molar-refractivity contribution in [2.45, 2.75) is 13.3 Å². The van der Waals surface area contributed by atoms with Crippen LogP contribution in [0.4, 0.5) is 0 Å². The van der Waals surface area contributed by atoms with Crippen LogP contribution in [-0.4, -0.2) is 37.2 Å². The van der Waals surface area contributed by atoms with E-state index in [1.807, 2.05) is 17.8 Å². The molecule has 3 rings (SSSR count). The Morgan fingerprint density at radius 1 is 1.30 bits per heavy atom. The summed E-state index contributed by atoms with van der Waals surface area (Å²) in [6.07, 6.45) is 0.964. The predicted octanol–water partition coefficient (Wildman–Crippen LogP) is 2.33. The molecule has 5 heteroatoms. The van der Waals surface area contributed by atoms with Gasteiger partial charge in [-0.25, -0.2) is 0 Å². The van der Waals surface area contributed by atoms with Crippen molar-refractivity contribution in [3.8, 4) is 11.5 Å². The summed E-state index contributed by atoms with van der Waals surface area (Å²) in [6, 6.07) is 6.18. The first-order valence-electron chi connectivity index (χ1n) is 7.11. The van der Waals surface area contributed by atoms with Crippen molar-refractivity contribution in [3.63, 3.8) is 0 Å². The Morgan fingerprint density at radius 2 is 2.15 bits per heavy atom. The molecule has 2 heterocycles. The fourth-order valence-electron chi connectivity index (χ4n) is 2.22. The number of fused-ring (bicyclic) bond motifs is 1. The van der Waals surface area contributed by atoms with Gasteiger partial charge < -0.3 is 14.8 Å². The molecule has 0 amide bonds. The zero-order valence-corrected chi connectivity index (χ0v) is 12.5. The van der Waals surface area contributed by atoms with Gasteiger partial charge in [0.05, 0.1) is 0 Å². The number of nitrogens with zero attached hydrogens (tertiary/aromatic N) is 1. The van der Waals surface area contributed by atoms with E-state index in [1.165, 1.54) is 5.56 Å². The van der Waals surface area contributed by atoms with Crippen molar-refractivity contribution in [2.75, 3.05) is 32.1 Å². The van der Waals surface area contributed by atoms with Gasteiger partial charge >= 0.3 is 0 Å². The van der Waals surface area contributed by atoms with Crippen LogP contribution < -0.4 is 14.8 Å². The molecule has 0 fully saturated rings. The first kappa shape index (κ1) is 13.6. The monoisotopic (exact) mass is 292 g/mol. The number of ether oxygens (including phenoxy) is 2. The number of aliphatic imine (C=N–C) groups is 1. The van der Waals surface area contributed by atoms with E-state index in [0.717, 1.165) is 41.9 Å². The van der Waals surface area contributed by atoms with Crippen molar-refractivity contribution < 1.29 is 9.47 Å². The fourth-order valence-corrected chi connectivity index (χ4v) is 3.14. The van der Waals surface area contributed by atoms with Gasteiger partial charge in [0.1, 0.15) is 13.2 Å². The summed E-state index contributed by atoms with van der Waals surface area (Å²) in [5, 5.41) is 4.50. The number of benzene rings is 1. The minimum atomic E-state index is 0.639. The van der Waals surface area contributed by atoms with Crippen LogP contribution in [0.25, 0.3) is 0 Å². The topological polar surface area (TPSA) is 42.9 Å². The van der Waals surface area contributed by atoms with Crippen LogP contribution in [0.2, 0.25) is 0 Å². The van der Waals surface area contributed by atoms with Gasteiger partial charge in [0.25, 0.3) is 0 Å². The SMILES string of the molecule is CC1CN=C(NCCc2ccc3c(c2)OCCO3)SC1. The van der Waals surface area contributed by atoms with E-state index in [-0.39, 0.29) is 0 Å². The summed E-state index contributed by atoms with van der Waals surface area (Å²) >= 11 is 1.82. The largest absolute Gasteiger partial charge is 0.486 e. The fraction of sp³-hybridized carbons (Fsp3) is 0.533. The molecular weight excluding hydrogens is 272 g/mol. The van der Waals surface area contributed by atoms with Crippen molar-refractivity contribution in [2.24, 2.45) is 10.9 Å². The zero-order chi connectivity index (χ0) is 13.8. The second kappa shape index (κ2) is 6.39. The maximum atomic E-state index is 5.60. The van der Waals surface area contributed by atoms with E-state index in [0.29, 0.717) is 19.1 Å². The molecule has 108 valence electrons. The zero-order valence-electron chi connectivity index (χ0n) is 11.7. The Bertz CT molecular complexity index is 505. The van der Waals surface area contributed by atoms with E-state index >= 15 is 0 Å². The summed E-state index contributed by atoms with van der Waals surface area (Å²) in [7, 11) is 0. The molecule has 2 aliphatic heterocycles. The van der Waals surface area contributed by atoms with E-state index in [2.05, 4.69) is 29.4 Å². The van der Waals surface area contributed by atoms with Crippen molar-refractivity contribution in [1.82, 2.24) is 5.32 Å². The molecule has 1 aromatic rings. The highest BCUT2D eigenvalue weighted by Gasteiger charge is 2.13. The van der Waals surface area contributed by atoms with Gasteiger partial charge in [0.2, 0.25) is 0 Å². The van der Waals surface area contributed by atoms with Crippen LogP contribution in [0.15, 0.2) is 23.2 Å². The second-order valence-electron chi connectivity index (χ2n) is 5.22. The maximum Gasteiger partial charge on any atom is 0.161 e. The normalized spacial score (nSPS) is 21.2. The van der Waals surface area contributed by atoms with Crippen LogP contribution in [-0.2, 0) is 6.42 Å². The number of nitrogens with one attached hydrogen (secondary N) is 1. The molecule has 1 aromatic carbocycles. The molecule has 0 aromatic heterocycles. The second-order valence-corrected chi connectivity index (χ2v) is 6.23. The summed E-state index contributed by atoms with van der Waals surface area (Å²) in [6.45, 7) is 5.37. The predicted molar refractivity (Wildman–Crippen MR) is 83.1 cm³/mol. The first-order chi connectivity index (χ1) is 9.81. The smallest absolute Gasteiger partial charge is 0.161 e. The van der Waals surface area contributed by atoms with Gasteiger partial charge in [-0.05, 0) is 30.0 Å². The van der Waals surface area contributed by atoms with Gasteiger partial charge in [-0.2, -0.15) is 0 Å². The average molecular weight is 292 g/mol. The Morgan fingerprint density at radius 3 is 2.95 bits per heavy atom. The van der Waals surface area contributed by atoms with Gasteiger partial charge in [-0.1, -0.05) is 24.8 Å². The summed E-state index contributed by atoms with van der Waals surface area (Å²) in [5.41, 5.74) is 1.26. The van der Waals surface area contributed by atoms with Crippen molar-refractivity contribution in [1.29, 1.82) is 0 Å². The highest BCUT2D eigenvalue weighted by atomic mass is 32.2. The molecule has 1 atom stereocenters. The molecule has 1 unspecified atom stereocenters. The lowest BCUT2D eigenvalue weighted by Gasteiger charge is -2.19. The minimum Gasteiger partial charge on any atom is -0.486 e. The van der Waals surface area contributed by atoms with Crippen molar-refractivity contribution >= 4 is 16.9 Å². The van der Waals surface area contributed by atoms with Crippen LogP contribution in [0.1, 0.15) is 12.5 Å². The highest BCUT2D eigenvalue weighted by Crippen LogP contribution is 2.30. The molecule has 20 heavy (non-hydrogen) atoms. The van der Waals surface area contributed by atoms with Crippen molar-refractivity contribution in [3.05, 3.63) is 23.8 Å². The van der Waals surface area contributed by atoms with Gasteiger partial charge in [0, 0.05) is 18.8 Å². The maximum absolute atomic E-state index is 5.60. The van der Waals surface area contributed by atoms with Crippen LogP contribution in [0, 0.1) is 5.92 Å². The molecule has 0 saturated carbocycles. The quantitative estimate of drug-likeness (QED) is 0.928. The highest BCUT2D eigenvalue weighted by molar-refractivity contribution is 8.13. The Labute approximate surface area is 123 Å². The number of rotatable bonds is 3. The molecule has 4 nitrogen and oxygen atoms in total. The van der Waals surface area contributed by atoms with E-state index in [9.17, 15) is 0 Å². The Kier molecular flexibility index (Phi) is 4.35. The summed E-state index contributed by atoms with van der Waals surface area (Å²) in [4.78, 5) is 4.54. The first-order valence-corrected chi connectivity index (χ1v) is 8.09. The van der Waals surface area contributed by atoms with Gasteiger partial charge in [0.15, 0.2) is 16.7 Å². The molecule has 0 spiro atoms. The molecule has 0 aliphatic carbocycles. The van der Waals surface area contributed by atoms with E-state index in [1.54, 1.807) is 0 Å². The number of hydrogen-bond donors (Lipinski definition) is 1. The molecule has 0 saturated heterocycles. The molecule has 1 N–H and O–H groups in total. The number of thioether (sulfide) groups is 1. The Balaban J connectivity index is 1.51. The van der Waals surface area contributed by atoms with Crippen LogP contribution in [0.3, 0.4) is 0 Å². The average Bonchev–Trinajstić information content (AvgIpc) is 2.49. The summed E-state index contributed by atoms with van der Waals surface area (Å²) < 4.78 is 11.1. The lowest BCUT2D eigenvalue weighted by molar-refractivity contribution is 0.171. The Hall–Kier alpha value is -1.36. The lowest BCUT2D eigenvalue weighted by atomic mass is 10.1. The summed E-state index contributed by atoms with van der Waals surface area (Å²) in [5.74, 6) is 3.58. The van der Waals surface area contributed by atoms with Crippen LogP contribution in [0.5, 0.6) is 11.5 Å². The molecule has 0 bridgehead atoms. The standard InChI is InChI=1S/C15H20N2O2S/c1-11-9-17-15(20-10-11)16-5-4-12-2-3-13-14(8-12)19-7-6-18-13/h2-3,8,11H,4-7,9-10H2,1H3,(H,16,17). The minimum absolute atomic E-state index is 0.639. The van der Waals surface area contributed by atoms with E-state index < -0.39 is 0 Å². The third-order valence-corrected chi connectivity index (χ3v) is 4.63. The van der Waals surface area contributed by atoms with Gasteiger partial charge in [-0.15, -0.1) is 0 Å². The number of amidine groups is 1. The van der Waals surface area contributed by atoms with E-state index in [4.69, 9.17) is 9.47 Å². The lowest BCUT2D eigenvalue weighted by Crippen LogP contribution is -2.27. The number of hydrogen-bond acceptors (Lipinski definition) is 5. The molecular formula is C15H20N2O2S. The molecule has 0 radical (unpaired) electrons. The van der Waals surface area contributed by atoms with Gasteiger partial charge in [-0.3, -0.25) is 4.99 Å². The molecule has 2 aliphatic rings. The third-order valence-electron chi connectivity index (χ3n) is 3.35.